The molecular weight excluding hydrogens is 244 g/mol. The van der Waals surface area contributed by atoms with E-state index in [1.807, 2.05) is 0 Å². The van der Waals surface area contributed by atoms with Crippen molar-refractivity contribution in [3.63, 3.8) is 0 Å². The predicted octanol–water partition coefficient (Wildman–Crippen LogP) is 4.72. The fourth-order valence-electron chi connectivity index (χ4n) is 2.69. The van der Waals surface area contributed by atoms with E-state index in [2.05, 4.69) is 54.2 Å². The minimum atomic E-state index is 0.966. The lowest BCUT2D eigenvalue weighted by atomic mass is 10.1. The molecule has 0 saturated heterocycles. The molecule has 0 aliphatic carbocycles. The standard InChI is InChI=1S/C18H28N2/c1-3-5-6-7-8-12-20-13-11-17-10-9-16(14-18(17)20)15-19-4-2/h9-11,13-14,19H,3-8,12,15H2,1-2H3. The van der Waals surface area contributed by atoms with Gasteiger partial charge >= 0.3 is 0 Å². The maximum absolute atomic E-state index is 3.40. The third kappa shape index (κ3) is 4.11. The van der Waals surface area contributed by atoms with Gasteiger partial charge in [-0.15, -0.1) is 0 Å². The van der Waals surface area contributed by atoms with Gasteiger partial charge < -0.3 is 9.88 Å². The van der Waals surface area contributed by atoms with E-state index in [0.29, 0.717) is 0 Å². The minimum absolute atomic E-state index is 0.966. The monoisotopic (exact) mass is 272 g/mol. The van der Waals surface area contributed by atoms with E-state index in [9.17, 15) is 0 Å². The zero-order valence-corrected chi connectivity index (χ0v) is 13.0. The molecule has 0 bridgehead atoms. The molecule has 0 unspecified atom stereocenters. The summed E-state index contributed by atoms with van der Waals surface area (Å²) in [6.45, 7) is 7.56. The summed E-state index contributed by atoms with van der Waals surface area (Å²) < 4.78 is 2.41. The number of aryl methyl sites for hydroxylation is 1. The molecule has 2 nitrogen and oxygen atoms in total. The normalized spacial score (nSPS) is 11.3. The molecule has 0 saturated carbocycles. The Labute approximate surface area is 123 Å². The summed E-state index contributed by atoms with van der Waals surface area (Å²) in [7, 11) is 0. The van der Waals surface area contributed by atoms with Gasteiger partial charge in [-0.3, -0.25) is 0 Å². The lowest BCUT2D eigenvalue weighted by Gasteiger charge is -2.07. The van der Waals surface area contributed by atoms with Gasteiger partial charge in [0.1, 0.15) is 0 Å². The van der Waals surface area contributed by atoms with Crippen LogP contribution in [0.5, 0.6) is 0 Å². The number of aromatic nitrogens is 1. The number of benzene rings is 1. The Morgan fingerprint density at radius 2 is 1.85 bits per heavy atom. The van der Waals surface area contributed by atoms with Gasteiger partial charge in [0, 0.05) is 24.8 Å². The summed E-state index contributed by atoms with van der Waals surface area (Å²) in [6.07, 6.45) is 8.95. The Balaban J connectivity index is 1.97. The van der Waals surface area contributed by atoms with Gasteiger partial charge in [0.05, 0.1) is 0 Å². The number of nitrogens with zero attached hydrogens (tertiary/aromatic N) is 1. The maximum Gasteiger partial charge on any atom is 0.0483 e. The largest absolute Gasteiger partial charge is 0.347 e. The number of rotatable bonds is 9. The number of hydrogen-bond acceptors (Lipinski definition) is 1. The topological polar surface area (TPSA) is 17.0 Å². The number of hydrogen-bond donors (Lipinski definition) is 1. The van der Waals surface area contributed by atoms with Crippen LogP contribution in [0, 0.1) is 0 Å². The second-order valence-corrected chi connectivity index (χ2v) is 5.60. The highest BCUT2D eigenvalue weighted by Gasteiger charge is 2.02. The Bertz CT molecular complexity index is 513. The first-order chi connectivity index (χ1) is 9.85. The van der Waals surface area contributed by atoms with Crippen molar-refractivity contribution in [1.82, 2.24) is 9.88 Å². The summed E-state index contributed by atoms with van der Waals surface area (Å²) in [5, 5.41) is 4.76. The van der Waals surface area contributed by atoms with Crippen LogP contribution in [0.2, 0.25) is 0 Å². The molecule has 0 radical (unpaired) electrons. The minimum Gasteiger partial charge on any atom is -0.347 e. The van der Waals surface area contributed by atoms with Crippen LogP contribution in [0.1, 0.15) is 51.5 Å². The zero-order chi connectivity index (χ0) is 14.2. The van der Waals surface area contributed by atoms with Crippen LogP contribution < -0.4 is 5.32 Å². The predicted molar refractivity (Wildman–Crippen MR) is 88.1 cm³/mol. The smallest absolute Gasteiger partial charge is 0.0483 e. The van der Waals surface area contributed by atoms with E-state index in [4.69, 9.17) is 0 Å². The number of fused-ring (bicyclic) bond motifs is 1. The quantitative estimate of drug-likeness (QED) is 0.653. The van der Waals surface area contributed by atoms with Gasteiger partial charge in [-0.25, -0.2) is 0 Å². The first-order valence-electron chi connectivity index (χ1n) is 8.13. The van der Waals surface area contributed by atoms with Gasteiger partial charge in [-0.2, -0.15) is 0 Å². The first-order valence-corrected chi connectivity index (χ1v) is 8.13. The van der Waals surface area contributed by atoms with Crippen LogP contribution in [-0.4, -0.2) is 11.1 Å². The van der Waals surface area contributed by atoms with Crippen molar-refractivity contribution in [2.45, 2.75) is 59.0 Å². The molecule has 0 atom stereocenters. The average molecular weight is 272 g/mol. The van der Waals surface area contributed by atoms with Crippen molar-refractivity contribution in [3.05, 3.63) is 36.0 Å². The van der Waals surface area contributed by atoms with Crippen molar-refractivity contribution in [2.24, 2.45) is 0 Å². The molecule has 1 N–H and O–H groups in total. The molecule has 0 aliphatic rings. The SMILES string of the molecule is CCCCCCCn1ccc2ccc(CNCC)cc21. The van der Waals surface area contributed by atoms with E-state index >= 15 is 0 Å². The maximum atomic E-state index is 3.40. The molecule has 110 valence electrons. The van der Waals surface area contributed by atoms with E-state index in [0.717, 1.165) is 19.6 Å². The lowest BCUT2D eigenvalue weighted by Crippen LogP contribution is -2.11. The second kappa shape index (κ2) is 8.11. The molecular formula is C18H28N2. The highest BCUT2D eigenvalue weighted by Crippen LogP contribution is 2.19. The van der Waals surface area contributed by atoms with Crippen LogP contribution in [0.25, 0.3) is 10.9 Å². The van der Waals surface area contributed by atoms with Gasteiger partial charge in [0.2, 0.25) is 0 Å². The Morgan fingerprint density at radius 3 is 2.65 bits per heavy atom. The van der Waals surface area contributed by atoms with Crippen molar-refractivity contribution < 1.29 is 0 Å². The average Bonchev–Trinajstić information content (AvgIpc) is 2.87. The third-order valence-corrected chi connectivity index (χ3v) is 3.92. The van der Waals surface area contributed by atoms with E-state index < -0.39 is 0 Å². The Hall–Kier alpha value is -1.28. The molecule has 2 aromatic rings. The fraction of sp³-hybridized carbons (Fsp3) is 0.556. The summed E-state index contributed by atoms with van der Waals surface area (Å²) in [5.74, 6) is 0. The first kappa shape index (κ1) is 15.1. The van der Waals surface area contributed by atoms with Crippen LogP contribution >= 0.6 is 0 Å². The van der Waals surface area contributed by atoms with Crippen molar-refractivity contribution >= 4 is 10.9 Å². The molecule has 1 heterocycles. The molecule has 2 heteroatoms. The number of nitrogens with one attached hydrogen (secondary N) is 1. The second-order valence-electron chi connectivity index (χ2n) is 5.60. The van der Waals surface area contributed by atoms with Gasteiger partial charge in [-0.1, -0.05) is 51.7 Å². The highest BCUT2D eigenvalue weighted by molar-refractivity contribution is 5.80. The summed E-state index contributed by atoms with van der Waals surface area (Å²) in [4.78, 5) is 0. The fourth-order valence-corrected chi connectivity index (χ4v) is 2.69. The molecule has 1 aromatic carbocycles. The van der Waals surface area contributed by atoms with E-state index in [1.165, 1.54) is 48.6 Å². The third-order valence-electron chi connectivity index (χ3n) is 3.92. The van der Waals surface area contributed by atoms with Crippen molar-refractivity contribution in [3.8, 4) is 0 Å². The van der Waals surface area contributed by atoms with E-state index in [-0.39, 0.29) is 0 Å². The Kier molecular flexibility index (Phi) is 6.13. The number of unbranched alkanes of at least 4 members (excludes halogenated alkanes) is 4. The Morgan fingerprint density at radius 1 is 1.00 bits per heavy atom. The van der Waals surface area contributed by atoms with Crippen molar-refractivity contribution in [2.75, 3.05) is 6.54 Å². The molecule has 1 aromatic heterocycles. The molecule has 0 aliphatic heterocycles. The van der Waals surface area contributed by atoms with Crippen molar-refractivity contribution in [1.29, 1.82) is 0 Å². The van der Waals surface area contributed by atoms with Gasteiger partial charge in [-0.05, 0) is 36.0 Å². The van der Waals surface area contributed by atoms with Gasteiger partial charge in [0.25, 0.3) is 0 Å². The summed E-state index contributed by atoms with van der Waals surface area (Å²) in [5.41, 5.74) is 2.76. The summed E-state index contributed by atoms with van der Waals surface area (Å²) >= 11 is 0. The lowest BCUT2D eigenvalue weighted by molar-refractivity contribution is 0.577. The zero-order valence-electron chi connectivity index (χ0n) is 13.0. The van der Waals surface area contributed by atoms with Gasteiger partial charge in [0.15, 0.2) is 0 Å². The molecule has 2 rings (SSSR count). The molecule has 20 heavy (non-hydrogen) atoms. The van der Waals surface area contributed by atoms with Crippen LogP contribution in [0.4, 0.5) is 0 Å². The highest BCUT2D eigenvalue weighted by atomic mass is 14.9. The molecule has 0 spiro atoms. The molecule has 0 amide bonds. The van der Waals surface area contributed by atoms with E-state index in [1.54, 1.807) is 0 Å². The molecule has 0 fully saturated rings. The van der Waals surface area contributed by atoms with Crippen LogP contribution in [-0.2, 0) is 13.1 Å². The van der Waals surface area contributed by atoms with Crippen LogP contribution in [0.15, 0.2) is 30.5 Å². The summed E-state index contributed by atoms with van der Waals surface area (Å²) in [6, 6.07) is 9.05. The van der Waals surface area contributed by atoms with Crippen LogP contribution in [0.3, 0.4) is 0 Å².